The van der Waals surface area contributed by atoms with Crippen molar-refractivity contribution < 1.29 is 20.1 Å². The maximum atomic E-state index is 12.4. The highest BCUT2D eigenvalue weighted by Gasteiger charge is 2.26. The van der Waals surface area contributed by atoms with Crippen LogP contribution < -0.4 is 5.32 Å². The van der Waals surface area contributed by atoms with Crippen molar-refractivity contribution in [2.75, 3.05) is 6.61 Å². The average Bonchev–Trinajstić information content (AvgIpc) is 3.09. The van der Waals surface area contributed by atoms with Crippen LogP contribution in [0.5, 0.6) is 0 Å². The minimum Gasteiger partial charge on any atom is -0.394 e. The number of hydrogen-bond acceptors (Lipinski definition) is 4. The summed E-state index contributed by atoms with van der Waals surface area (Å²) in [5.74, 6) is -0.162. The number of allylic oxidation sites excluding steroid dienone is 4. The lowest BCUT2D eigenvalue weighted by Gasteiger charge is -2.26. The summed E-state index contributed by atoms with van der Waals surface area (Å²) in [5, 5.41) is 33.5. The first-order valence-electron chi connectivity index (χ1n) is 21.1. The van der Waals surface area contributed by atoms with Gasteiger partial charge in [0.15, 0.2) is 0 Å². The molecule has 0 aromatic rings. The molecule has 1 amide bonds. The molecule has 3 unspecified atom stereocenters. The highest BCUT2D eigenvalue weighted by atomic mass is 16.3. The van der Waals surface area contributed by atoms with E-state index in [0.29, 0.717) is 12.8 Å². The van der Waals surface area contributed by atoms with Crippen molar-refractivity contribution in [1.82, 2.24) is 5.32 Å². The summed E-state index contributed by atoms with van der Waals surface area (Å²) in [4.78, 5) is 12.4. The van der Waals surface area contributed by atoms with E-state index < -0.39 is 18.2 Å². The van der Waals surface area contributed by atoms with Gasteiger partial charge in [-0.15, -0.1) is 0 Å². The quantitative estimate of drug-likeness (QED) is 0.0387. The van der Waals surface area contributed by atoms with Gasteiger partial charge in [-0.1, -0.05) is 173 Å². The Morgan fingerprint density at radius 3 is 1.21 bits per heavy atom. The monoisotopic (exact) mass is 678 g/mol. The van der Waals surface area contributed by atoms with E-state index in [9.17, 15) is 20.1 Å². The van der Waals surface area contributed by atoms with Gasteiger partial charge in [-0.2, -0.15) is 0 Å². The number of rotatable bonds is 38. The third-order valence-corrected chi connectivity index (χ3v) is 9.78. The highest BCUT2D eigenvalue weighted by molar-refractivity contribution is 5.76. The average molecular weight is 678 g/mol. The summed E-state index contributed by atoms with van der Waals surface area (Å²) in [5.41, 5.74) is 0. The molecular weight excluding hydrogens is 594 g/mol. The lowest BCUT2D eigenvalue weighted by molar-refractivity contribution is -0.124. The Morgan fingerprint density at radius 2 is 0.833 bits per heavy atom. The first-order valence-corrected chi connectivity index (χ1v) is 21.1. The Morgan fingerprint density at radius 1 is 0.500 bits per heavy atom. The molecule has 0 aliphatic carbocycles. The van der Waals surface area contributed by atoms with Gasteiger partial charge >= 0.3 is 0 Å². The molecule has 0 heterocycles. The molecule has 0 aromatic heterocycles. The van der Waals surface area contributed by atoms with Crippen molar-refractivity contribution in [2.45, 2.75) is 238 Å². The minimum absolute atomic E-state index is 0.162. The zero-order chi connectivity index (χ0) is 35.2. The van der Waals surface area contributed by atoms with Crippen molar-refractivity contribution >= 4 is 5.91 Å². The maximum absolute atomic E-state index is 12.4. The van der Waals surface area contributed by atoms with Crippen LogP contribution in [0.1, 0.15) is 219 Å². The second-order valence-electron chi connectivity index (χ2n) is 14.5. The minimum atomic E-state index is -1.16. The molecule has 0 fully saturated rings. The summed E-state index contributed by atoms with van der Waals surface area (Å²) in [6.07, 6.45) is 45.7. The van der Waals surface area contributed by atoms with Gasteiger partial charge in [0.2, 0.25) is 5.91 Å². The van der Waals surface area contributed by atoms with Crippen molar-refractivity contribution in [1.29, 1.82) is 0 Å². The van der Waals surface area contributed by atoms with E-state index in [1.54, 1.807) is 0 Å². The summed E-state index contributed by atoms with van der Waals surface area (Å²) in [6.45, 7) is 4.16. The Kier molecular flexibility index (Phi) is 37.7. The van der Waals surface area contributed by atoms with E-state index in [1.807, 2.05) is 0 Å². The third-order valence-electron chi connectivity index (χ3n) is 9.78. The molecule has 5 heteroatoms. The van der Waals surface area contributed by atoms with E-state index in [4.69, 9.17) is 0 Å². The number of carbonyl (C=O) groups is 1. The molecule has 4 N–H and O–H groups in total. The first-order chi connectivity index (χ1) is 23.6. The fraction of sp³-hybridized carbons (Fsp3) is 0.884. The predicted octanol–water partition coefficient (Wildman–Crippen LogP) is 11.8. The largest absolute Gasteiger partial charge is 0.394 e. The zero-order valence-electron chi connectivity index (χ0n) is 32.1. The Bertz CT molecular complexity index is 709. The lowest BCUT2D eigenvalue weighted by Crippen LogP contribution is -2.50. The second-order valence-corrected chi connectivity index (χ2v) is 14.5. The van der Waals surface area contributed by atoms with Gasteiger partial charge in [-0.05, 0) is 64.2 Å². The van der Waals surface area contributed by atoms with Crippen LogP contribution in [0.15, 0.2) is 24.3 Å². The number of aliphatic hydroxyl groups is 3. The summed E-state index contributed by atoms with van der Waals surface area (Å²) < 4.78 is 0. The zero-order valence-corrected chi connectivity index (χ0v) is 32.1. The van der Waals surface area contributed by atoms with Crippen LogP contribution in [0.2, 0.25) is 0 Å². The van der Waals surface area contributed by atoms with Crippen LogP contribution in [0, 0.1) is 0 Å². The number of unbranched alkanes of at least 4 members (excludes halogenated alkanes) is 26. The highest BCUT2D eigenvalue weighted by Crippen LogP contribution is 2.15. The van der Waals surface area contributed by atoms with Gasteiger partial charge < -0.3 is 20.6 Å². The lowest BCUT2D eigenvalue weighted by atomic mass is 10.0. The molecule has 0 radical (unpaired) electrons. The summed E-state index contributed by atoms with van der Waals surface area (Å²) in [7, 11) is 0. The summed E-state index contributed by atoms with van der Waals surface area (Å²) >= 11 is 0. The predicted molar refractivity (Wildman–Crippen MR) is 208 cm³/mol. The molecular formula is C43H83NO4. The molecule has 0 aromatic carbocycles. The van der Waals surface area contributed by atoms with Gasteiger partial charge in [0.1, 0.15) is 6.10 Å². The van der Waals surface area contributed by atoms with Crippen LogP contribution in [-0.4, -0.2) is 46.1 Å². The maximum Gasteiger partial charge on any atom is 0.220 e. The number of aliphatic hydroxyl groups excluding tert-OH is 3. The van der Waals surface area contributed by atoms with Crippen LogP contribution in [-0.2, 0) is 4.79 Å². The molecule has 0 aliphatic heterocycles. The van der Waals surface area contributed by atoms with Crippen LogP contribution in [0.3, 0.4) is 0 Å². The molecule has 5 nitrogen and oxygen atoms in total. The van der Waals surface area contributed by atoms with Gasteiger partial charge in [-0.3, -0.25) is 4.79 Å². The number of hydrogen-bond donors (Lipinski definition) is 4. The molecule has 0 saturated heterocycles. The van der Waals surface area contributed by atoms with Gasteiger partial charge in [0.05, 0.1) is 18.8 Å². The van der Waals surface area contributed by atoms with Crippen molar-refractivity contribution in [3.8, 4) is 0 Å². The second kappa shape index (κ2) is 38.6. The topological polar surface area (TPSA) is 89.8 Å². The van der Waals surface area contributed by atoms with Crippen molar-refractivity contribution in [3.05, 3.63) is 24.3 Å². The smallest absolute Gasteiger partial charge is 0.220 e. The third kappa shape index (κ3) is 33.3. The van der Waals surface area contributed by atoms with E-state index in [0.717, 1.165) is 44.9 Å². The van der Waals surface area contributed by atoms with E-state index >= 15 is 0 Å². The molecule has 3 atom stereocenters. The molecule has 48 heavy (non-hydrogen) atoms. The van der Waals surface area contributed by atoms with Gasteiger partial charge in [-0.25, -0.2) is 0 Å². The molecule has 0 bridgehead atoms. The van der Waals surface area contributed by atoms with Crippen LogP contribution in [0.4, 0.5) is 0 Å². The fourth-order valence-electron chi connectivity index (χ4n) is 6.45. The van der Waals surface area contributed by atoms with E-state index in [-0.39, 0.29) is 12.5 Å². The SMILES string of the molecule is CCCCCCCCC/C=C\CCCCCCCC(=O)NC(CO)C(O)C(O)CCC/C=C/CCCCCCCCCCCCCCC. The van der Waals surface area contributed by atoms with Crippen molar-refractivity contribution in [3.63, 3.8) is 0 Å². The van der Waals surface area contributed by atoms with E-state index in [1.165, 1.54) is 148 Å². The normalized spacial score (nSPS) is 13.9. The van der Waals surface area contributed by atoms with E-state index in [2.05, 4.69) is 43.5 Å². The number of nitrogens with one attached hydrogen (secondary N) is 1. The molecule has 0 rings (SSSR count). The number of carbonyl (C=O) groups excluding carboxylic acids is 1. The Hall–Kier alpha value is -1.17. The fourth-order valence-corrected chi connectivity index (χ4v) is 6.45. The Labute approximate surface area is 299 Å². The van der Waals surface area contributed by atoms with Gasteiger partial charge in [0, 0.05) is 6.42 Å². The van der Waals surface area contributed by atoms with Crippen LogP contribution in [0.25, 0.3) is 0 Å². The molecule has 0 saturated carbocycles. The number of amides is 1. The van der Waals surface area contributed by atoms with Crippen molar-refractivity contribution in [2.24, 2.45) is 0 Å². The standard InChI is InChI=1S/C43H83NO4/c1-3-5-7-9-11-13-15-17-19-21-22-23-25-27-29-31-33-35-37-41(46)43(48)40(39-45)44-42(47)38-36-34-32-30-28-26-24-20-18-16-14-12-10-8-6-4-2/h20,24,29,31,40-41,43,45-46,48H,3-19,21-23,25-28,30,32-39H2,1-2H3,(H,44,47)/b24-20-,31-29+. The van der Waals surface area contributed by atoms with Gasteiger partial charge in [0.25, 0.3) is 0 Å². The molecule has 0 aliphatic rings. The van der Waals surface area contributed by atoms with Crippen LogP contribution >= 0.6 is 0 Å². The Balaban J connectivity index is 3.69. The summed E-state index contributed by atoms with van der Waals surface area (Å²) in [6, 6.07) is -0.827. The molecule has 284 valence electrons. The molecule has 0 spiro atoms. The first kappa shape index (κ1) is 46.8.